The number of rotatable bonds is 4. The second kappa shape index (κ2) is 6.08. The predicted molar refractivity (Wildman–Crippen MR) is 89.8 cm³/mol. The molecule has 2 rings (SSSR count). The van der Waals surface area contributed by atoms with Crippen molar-refractivity contribution in [2.45, 2.75) is 11.8 Å². The topological polar surface area (TPSA) is 85.1 Å². The number of anilines is 1. The van der Waals surface area contributed by atoms with Gasteiger partial charge in [-0.1, -0.05) is 28.1 Å². The third-order valence-corrected chi connectivity index (χ3v) is 4.65. The molecule has 5 nitrogen and oxygen atoms in total. The minimum absolute atomic E-state index is 0.0462. The van der Waals surface area contributed by atoms with E-state index in [-0.39, 0.29) is 15.6 Å². The third kappa shape index (κ3) is 3.78. The Kier molecular flexibility index (Phi) is 4.60. The maximum Gasteiger partial charge on any atom is 0.264 e. The summed E-state index contributed by atoms with van der Waals surface area (Å²) in [6.45, 7) is 1.87. The molecule has 0 radical (unpaired) electrons. The lowest BCUT2D eigenvalue weighted by Gasteiger charge is -2.11. The van der Waals surface area contributed by atoms with Crippen LogP contribution in [0, 0.1) is 6.92 Å². The molecule has 0 aliphatic heterocycles. The highest BCUT2D eigenvalue weighted by Crippen LogP contribution is 2.23. The number of benzene rings is 1. The van der Waals surface area contributed by atoms with Crippen molar-refractivity contribution in [3.63, 3.8) is 0 Å². The fourth-order valence-corrected chi connectivity index (χ4v) is 3.85. The van der Waals surface area contributed by atoms with Crippen LogP contribution in [0.2, 0.25) is 0 Å². The first-order valence-corrected chi connectivity index (χ1v) is 8.53. The van der Waals surface area contributed by atoms with Crippen LogP contribution in [-0.2, 0) is 10.0 Å². The summed E-state index contributed by atoms with van der Waals surface area (Å²) in [5, 5.41) is 0. The van der Waals surface area contributed by atoms with Gasteiger partial charge in [0.2, 0.25) is 0 Å². The molecule has 21 heavy (non-hydrogen) atoms. The minimum Gasteiger partial charge on any atom is -0.388 e. The lowest BCUT2D eigenvalue weighted by molar-refractivity contribution is 0.600. The molecular weight excluding hydrogens is 374 g/mol. The van der Waals surface area contributed by atoms with Crippen LogP contribution in [0.1, 0.15) is 11.3 Å². The highest BCUT2D eigenvalue weighted by molar-refractivity contribution is 9.10. The lowest BCUT2D eigenvalue weighted by atomic mass is 10.2. The normalized spacial score (nSPS) is 11.1. The number of hydrogen-bond acceptors (Lipinski definition) is 4. The highest BCUT2D eigenvalue weighted by atomic mass is 79.9. The van der Waals surface area contributed by atoms with E-state index in [1.807, 2.05) is 13.0 Å². The van der Waals surface area contributed by atoms with E-state index in [2.05, 4.69) is 25.6 Å². The van der Waals surface area contributed by atoms with Gasteiger partial charge in [0.15, 0.2) is 0 Å². The summed E-state index contributed by atoms with van der Waals surface area (Å²) in [6, 6.07) is 8.19. The number of sulfonamides is 1. The summed E-state index contributed by atoms with van der Waals surface area (Å²) in [5.41, 5.74) is 6.96. The zero-order valence-corrected chi connectivity index (χ0v) is 14.2. The van der Waals surface area contributed by atoms with Gasteiger partial charge in [0.1, 0.15) is 15.6 Å². The maximum atomic E-state index is 12.5. The second-order valence-electron chi connectivity index (χ2n) is 4.34. The van der Waals surface area contributed by atoms with Crippen LogP contribution >= 0.6 is 28.1 Å². The quantitative estimate of drug-likeness (QED) is 0.789. The standard InChI is InChI=1S/C13H12BrN3O2S2/c1-8-5-9(14)7-10(6-8)17-21(18,19)11-3-2-4-16-12(11)13(15)20/h2-7,17H,1H3,(H2,15,20). The summed E-state index contributed by atoms with van der Waals surface area (Å²) in [5.74, 6) is 0. The molecule has 0 atom stereocenters. The van der Waals surface area contributed by atoms with Gasteiger partial charge in [0.05, 0.1) is 5.69 Å². The second-order valence-corrected chi connectivity index (χ2v) is 7.34. The number of nitrogens with two attached hydrogens (primary N) is 1. The maximum absolute atomic E-state index is 12.5. The van der Waals surface area contributed by atoms with Crippen LogP contribution in [-0.4, -0.2) is 18.4 Å². The molecule has 1 aromatic carbocycles. The first kappa shape index (κ1) is 15.9. The monoisotopic (exact) mass is 385 g/mol. The minimum atomic E-state index is -3.82. The van der Waals surface area contributed by atoms with Gasteiger partial charge >= 0.3 is 0 Å². The molecule has 1 aromatic heterocycles. The van der Waals surface area contributed by atoms with Crippen LogP contribution in [0.25, 0.3) is 0 Å². The first-order chi connectivity index (χ1) is 9.79. The van der Waals surface area contributed by atoms with E-state index in [1.165, 1.54) is 18.3 Å². The Labute approximate surface area is 136 Å². The zero-order valence-electron chi connectivity index (χ0n) is 11.0. The van der Waals surface area contributed by atoms with Gasteiger partial charge < -0.3 is 5.73 Å². The molecule has 0 saturated heterocycles. The van der Waals surface area contributed by atoms with Crippen LogP contribution < -0.4 is 10.5 Å². The highest BCUT2D eigenvalue weighted by Gasteiger charge is 2.21. The zero-order chi connectivity index (χ0) is 15.6. The van der Waals surface area contributed by atoms with Crippen molar-refractivity contribution in [1.82, 2.24) is 4.98 Å². The third-order valence-electron chi connectivity index (χ3n) is 2.59. The Morgan fingerprint density at radius 3 is 2.71 bits per heavy atom. The van der Waals surface area contributed by atoms with E-state index >= 15 is 0 Å². The molecule has 0 saturated carbocycles. The summed E-state index contributed by atoms with van der Waals surface area (Å²) < 4.78 is 28.2. The van der Waals surface area contributed by atoms with Crippen molar-refractivity contribution in [3.05, 3.63) is 52.3 Å². The van der Waals surface area contributed by atoms with Gasteiger partial charge in [-0.25, -0.2) is 8.42 Å². The molecule has 0 spiro atoms. The predicted octanol–water partition coefficient (Wildman–Crippen LogP) is 2.59. The molecule has 3 N–H and O–H groups in total. The number of thiocarbonyl (C=S) groups is 1. The van der Waals surface area contributed by atoms with Gasteiger partial charge in [-0.3, -0.25) is 9.71 Å². The van der Waals surface area contributed by atoms with Crippen molar-refractivity contribution in [2.75, 3.05) is 4.72 Å². The average molecular weight is 386 g/mol. The van der Waals surface area contributed by atoms with Crippen molar-refractivity contribution < 1.29 is 8.42 Å². The Hall–Kier alpha value is -1.51. The van der Waals surface area contributed by atoms with E-state index in [9.17, 15) is 8.42 Å². The number of pyridine rings is 1. The number of aromatic nitrogens is 1. The molecule has 1 heterocycles. The van der Waals surface area contributed by atoms with Crippen molar-refractivity contribution in [2.24, 2.45) is 5.73 Å². The van der Waals surface area contributed by atoms with Crippen molar-refractivity contribution in [3.8, 4) is 0 Å². The van der Waals surface area contributed by atoms with Crippen LogP contribution in [0.3, 0.4) is 0 Å². The fraction of sp³-hybridized carbons (Fsp3) is 0.0769. The Bertz CT molecular complexity index is 787. The molecule has 0 unspecified atom stereocenters. The largest absolute Gasteiger partial charge is 0.388 e. The van der Waals surface area contributed by atoms with Crippen LogP contribution in [0.5, 0.6) is 0 Å². The summed E-state index contributed by atoms with van der Waals surface area (Å²) >= 11 is 8.17. The van der Waals surface area contributed by atoms with E-state index in [0.717, 1.165) is 10.0 Å². The fourth-order valence-electron chi connectivity index (χ4n) is 1.80. The van der Waals surface area contributed by atoms with Crippen molar-refractivity contribution >= 4 is 48.8 Å². The summed E-state index contributed by atoms with van der Waals surface area (Å²) in [4.78, 5) is 3.81. The summed E-state index contributed by atoms with van der Waals surface area (Å²) in [6.07, 6.45) is 1.44. The van der Waals surface area contributed by atoms with Gasteiger partial charge in [0, 0.05) is 10.7 Å². The summed E-state index contributed by atoms with van der Waals surface area (Å²) in [7, 11) is -3.82. The molecule has 8 heteroatoms. The van der Waals surface area contributed by atoms with Gasteiger partial charge in [0.25, 0.3) is 10.0 Å². The Balaban J connectivity index is 2.46. The van der Waals surface area contributed by atoms with E-state index in [0.29, 0.717) is 5.69 Å². The molecule has 0 aliphatic carbocycles. The van der Waals surface area contributed by atoms with Gasteiger partial charge in [-0.2, -0.15) is 0 Å². The van der Waals surface area contributed by atoms with E-state index < -0.39 is 10.0 Å². The van der Waals surface area contributed by atoms with Crippen LogP contribution in [0.4, 0.5) is 5.69 Å². The smallest absolute Gasteiger partial charge is 0.264 e. The average Bonchev–Trinajstić information content (AvgIpc) is 2.36. The Morgan fingerprint density at radius 2 is 2.10 bits per heavy atom. The van der Waals surface area contributed by atoms with E-state index in [4.69, 9.17) is 18.0 Å². The molecule has 110 valence electrons. The van der Waals surface area contributed by atoms with Gasteiger partial charge in [-0.15, -0.1) is 0 Å². The lowest BCUT2D eigenvalue weighted by Crippen LogP contribution is -2.21. The molecule has 0 fully saturated rings. The first-order valence-electron chi connectivity index (χ1n) is 5.84. The molecule has 0 bridgehead atoms. The molecular formula is C13H12BrN3O2S2. The Morgan fingerprint density at radius 1 is 1.38 bits per heavy atom. The number of aryl methyl sites for hydroxylation is 1. The number of hydrogen-bond donors (Lipinski definition) is 2. The number of nitrogens with zero attached hydrogens (tertiary/aromatic N) is 1. The van der Waals surface area contributed by atoms with E-state index in [1.54, 1.807) is 12.1 Å². The molecule has 0 aliphatic rings. The van der Waals surface area contributed by atoms with Crippen molar-refractivity contribution in [1.29, 1.82) is 0 Å². The van der Waals surface area contributed by atoms with Gasteiger partial charge in [-0.05, 0) is 42.8 Å². The molecule has 2 aromatic rings. The number of nitrogens with one attached hydrogen (secondary N) is 1. The SMILES string of the molecule is Cc1cc(Br)cc(NS(=O)(=O)c2cccnc2C(N)=S)c1. The number of halogens is 1. The molecule has 0 amide bonds. The van der Waals surface area contributed by atoms with Crippen LogP contribution in [0.15, 0.2) is 45.9 Å².